The van der Waals surface area contributed by atoms with Crippen molar-refractivity contribution < 1.29 is 4.74 Å². The Morgan fingerprint density at radius 2 is 2.30 bits per heavy atom. The maximum Gasteiger partial charge on any atom is 0.252 e. The summed E-state index contributed by atoms with van der Waals surface area (Å²) in [6, 6.07) is 7.70. The Bertz CT molecular complexity index is 648. The van der Waals surface area contributed by atoms with Crippen molar-refractivity contribution in [1.29, 1.82) is 5.41 Å². The van der Waals surface area contributed by atoms with Crippen LogP contribution >= 0.6 is 0 Å². The number of ether oxygens (including phenoxy) is 1. The Kier molecular flexibility index (Phi) is 2.94. The molecule has 1 aromatic carbocycles. The maximum absolute atomic E-state index is 7.30. The van der Waals surface area contributed by atoms with E-state index in [2.05, 4.69) is 15.1 Å². The fourth-order valence-electron chi connectivity index (χ4n) is 2.33. The molecular formula is C13H14N6O. The maximum atomic E-state index is 7.30. The second-order valence-electron chi connectivity index (χ2n) is 4.59. The summed E-state index contributed by atoms with van der Waals surface area (Å²) in [5, 5.41) is 13.4. The first-order valence-electron chi connectivity index (χ1n) is 6.19. The smallest absolute Gasteiger partial charge is 0.252 e. The van der Waals surface area contributed by atoms with Crippen LogP contribution in [0.5, 0.6) is 5.75 Å². The largest absolute Gasteiger partial charge is 0.445 e. The number of hydrogen-bond acceptors (Lipinski definition) is 3. The zero-order valence-corrected chi connectivity index (χ0v) is 10.9. The first-order valence-corrected chi connectivity index (χ1v) is 6.19. The first-order chi connectivity index (χ1) is 9.65. The van der Waals surface area contributed by atoms with E-state index in [4.69, 9.17) is 15.9 Å². The second-order valence-corrected chi connectivity index (χ2v) is 4.59. The van der Waals surface area contributed by atoms with Gasteiger partial charge in [-0.05, 0) is 13.0 Å². The van der Waals surface area contributed by atoms with Crippen LogP contribution < -0.4 is 10.5 Å². The van der Waals surface area contributed by atoms with E-state index in [1.165, 1.54) is 6.40 Å². The Hall–Kier alpha value is -2.70. The fourth-order valence-corrected chi connectivity index (χ4v) is 2.33. The topological polar surface area (TPSA) is 99.4 Å². The summed E-state index contributed by atoms with van der Waals surface area (Å²) in [7, 11) is 0. The number of rotatable bonds is 0. The van der Waals surface area contributed by atoms with Crippen molar-refractivity contribution >= 4 is 24.0 Å². The monoisotopic (exact) mass is 270 g/mol. The van der Waals surface area contributed by atoms with Crippen molar-refractivity contribution in [1.82, 2.24) is 5.01 Å². The normalized spacial score (nSPS) is 24.1. The number of hydrogen-bond donors (Lipinski definition) is 2. The van der Waals surface area contributed by atoms with Gasteiger partial charge in [-0.1, -0.05) is 18.2 Å². The van der Waals surface area contributed by atoms with Crippen LogP contribution in [0.15, 0.2) is 39.4 Å². The molecule has 1 atom stereocenters. The third-order valence-corrected chi connectivity index (χ3v) is 3.11. The molecule has 102 valence electrons. The van der Waals surface area contributed by atoms with Crippen LogP contribution in [0.3, 0.4) is 0 Å². The molecule has 1 unspecified atom stereocenters. The molecule has 1 aromatic rings. The first kappa shape index (κ1) is 12.3. The highest BCUT2D eigenvalue weighted by Crippen LogP contribution is 2.37. The van der Waals surface area contributed by atoms with Crippen LogP contribution in [0.25, 0.3) is 0 Å². The molecular weight excluding hydrogens is 256 g/mol. The fraction of sp³-hybridized carbons (Fsp3) is 0.231. The Morgan fingerprint density at radius 1 is 1.50 bits per heavy atom. The molecule has 0 bridgehead atoms. The van der Waals surface area contributed by atoms with Gasteiger partial charge in [0, 0.05) is 17.7 Å². The van der Waals surface area contributed by atoms with E-state index in [0.29, 0.717) is 0 Å². The molecule has 0 fully saturated rings. The number of fused-ring (bicyclic) bond motifs is 3. The van der Waals surface area contributed by atoms with Gasteiger partial charge in [-0.25, -0.2) is 5.01 Å². The van der Waals surface area contributed by atoms with Crippen LogP contribution in [-0.2, 0) is 0 Å². The van der Waals surface area contributed by atoms with Gasteiger partial charge in [0.1, 0.15) is 5.75 Å². The summed E-state index contributed by atoms with van der Waals surface area (Å²) in [6.45, 7) is 1.95. The molecule has 0 aromatic heterocycles. The minimum absolute atomic E-state index is 0.0400. The van der Waals surface area contributed by atoms with E-state index < -0.39 is 0 Å². The molecule has 0 saturated carbocycles. The number of guanidine groups is 2. The summed E-state index contributed by atoms with van der Waals surface area (Å²) < 4.78 is 5.52. The molecule has 3 N–H and O–H groups in total. The van der Waals surface area contributed by atoms with Crippen molar-refractivity contribution in [2.75, 3.05) is 0 Å². The average molecular weight is 270 g/mol. The third-order valence-electron chi connectivity index (χ3n) is 3.11. The molecule has 20 heavy (non-hydrogen) atoms. The van der Waals surface area contributed by atoms with Gasteiger partial charge < -0.3 is 10.5 Å². The Labute approximate surface area is 116 Å². The highest BCUT2D eigenvalue weighted by Gasteiger charge is 2.32. The van der Waals surface area contributed by atoms with Gasteiger partial charge in [-0.3, -0.25) is 5.41 Å². The molecule has 2 aliphatic heterocycles. The van der Waals surface area contributed by atoms with Crippen molar-refractivity contribution in [2.45, 2.75) is 19.4 Å². The highest BCUT2D eigenvalue weighted by molar-refractivity contribution is 5.98. The number of nitrogens with two attached hydrogens (primary N) is 1. The van der Waals surface area contributed by atoms with Crippen LogP contribution in [0.2, 0.25) is 0 Å². The van der Waals surface area contributed by atoms with Gasteiger partial charge in [0.2, 0.25) is 5.96 Å². The van der Waals surface area contributed by atoms with E-state index >= 15 is 0 Å². The van der Waals surface area contributed by atoms with Crippen LogP contribution in [0.1, 0.15) is 24.9 Å². The van der Waals surface area contributed by atoms with Gasteiger partial charge in [-0.2, -0.15) is 15.1 Å². The number of benzene rings is 1. The molecule has 3 rings (SSSR count). The SMILES string of the molecule is CC1=NN2C(=N/C(=N)N)/N=C\Oc3ccccc3C2C1. The quantitative estimate of drug-likeness (QED) is 0.551. The lowest BCUT2D eigenvalue weighted by molar-refractivity contribution is 0.354. The third kappa shape index (κ3) is 2.13. The zero-order chi connectivity index (χ0) is 14.1. The van der Waals surface area contributed by atoms with Crippen molar-refractivity contribution in [3.05, 3.63) is 29.8 Å². The molecule has 7 nitrogen and oxygen atoms in total. The zero-order valence-electron chi connectivity index (χ0n) is 10.9. The van der Waals surface area contributed by atoms with Gasteiger partial charge in [0.05, 0.1) is 6.04 Å². The van der Waals surface area contributed by atoms with Crippen LogP contribution in [0, 0.1) is 5.41 Å². The van der Waals surface area contributed by atoms with Crippen molar-refractivity contribution in [3.8, 4) is 5.75 Å². The minimum atomic E-state index is -0.315. The van der Waals surface area contributed by atoms with Crippen molar-refractivity contribution in [2.24, 2.45) is 20.8 Å². The van der Waals surface area contributed by atoms with Gasteiger partial charge in [0.15, 0.2) is 6.40 Å². The Morgan fingerprint density at radius 3 is 3.10 bits per heavy atom. The average Bonchev–Trinajstić information content (AvgIpc) is 2.77. The number of hydrazone groups is 1. The predicted octanol–water partition coefficient (Wildman–Crippen LogP) is 1.48. The summed E-state index contributed by atoms with van der Waals surface area (Å²) in [5.74, 6) is 0.691. The standard InChI is InChI=1S/C13H14N6O/c1-8-6-10-9-4-2-3-5-11(9)20-7-16-13(17-12(14)15)19(10)18-8/h2-5,7,10H,6H2,1H3,(H3,14,15)/b16-7-,17-13+. The van der Waals surface area contributed by atoms with E-state index in [0.717, 1.165) is 23.4 Å². The van der Waals surface area contributed by atoms with Crippen LogP contribution in [-0.4, -0.2) is 29.0 Å². The molecule has 0 aliphatic carbocycles. The number of aliphatic imine (C=N–C) groups is 2. The predicted molar refractivity (Wildman–Crippen MR) is 77.2 cm³/mol. The molecule has 0 amide bonds. The molecule has 0 spiro atoms. The summed E-state index contributed by atoms with van der Waals surface area (Å²) >= 11 is 0. The van der Waals surface area contributed by atoms with E-state index in [1.54, 1.807) is 5.01 Å². The summed E-state index contributed by atoms with van der Waals surface area (Å²) in [6.07, 6.45) is 2.05. The summed E-state index contributed by atoms with van der Waals surface area (Å²) in [5.41, 5.74) is 7.31. The number of para-hydroxylation sites is 1. The summed E-state index contributed by atoms with van der Waals surface area (Å²) in [4.78, 5) is 8.01. The number of nitrogens with one attached hydrogen (secondary N) is 1. The van der Waals surface area contributed by atoms with Crippen molar-refractivity contribution in [3.63, 3.8) is 0 Å². The number of nitrogens with zero attached hydrogens (tertiary/aromatic N) is 4. The molecule has 0 radical (unpaired) electrons. The molecule has 7 heteroatoms. The van der Waals surface area contributed by atoms with E-state index in [-0.39, 0.29) is 18.0 Å². The molecule has 0 saturated heterocycles. The lowest BCUT2D eigenvalue weighted by Crippen LogP contribution is -2.29. The van der Waals surface area contributed by atoms with E-state index in [9.17, 15) is 0 Å². The Balaban J connectivity index is 2.11. The molecule has 2 aliphatic rings. The van der Waals surface area contributed by atoms with Gasteiger partial charge >= 0.3 is 0 Å². The molecule has 2 heterocycles. The lowest BCUT2D eigenvalue weighted by atomic mass is 10.0. The minimum Gasteiger partial charge on any atom is -0.445 e. The second kappa shape index (κ2) is 4.76. The highest BCUT2D eigenvalue weighted by atomic mass is 16.5. The lowest BCUT2D eigenvalue weighted by Gasteiger charge is -2.25. The van der Waals surface area contributed by atoms with Gasteiger partial charge in [0.25, 0.3) is 5.96 Å². The van der Waals surface area contributed by atoms with Gasteiger partial charge in [-0.15, -0.1) is 0 Å². The van der Waals surface area contributed by atoms with E-state index in [1.807, 2.05) is 31.2 Å². The van der Waals surface area contributed by atoms with Crippen LogP contribution in [0.4, 0.5) is 0 Å².